The smallest absolute Gasteiger partial charge is 0.335 e. The zero-order valence-electron chi connectivity index (χ0n) is 19.1. The second-order valence-corrected chi connectivity index (χ2v) is 11.2. The number of sulfone groups is 1. The summed E-state index contributed by atoms with van der Waals surface area (Å²) in [5, 5.41) is 10.8. The van der Waals surface area contributed by atoms with Crippen LogP contribution in [-0.4, -0.2) is 29.9 Å². The second-order valence-electron chi connectivity index (χ2n) is 9.12. The molecule has 1 atom stereocenters. The van der Waals surface area contributed by atoms with Crippen LogP contribution >= 0.6 is 0 Å². The summed E-state index contributed by atoms with van der Waals surface area (Å²) in [6, 6.07) is 11.2. The van der Waals surface area contributed by atoms with E-state index in [1.54, 1.807) is 0 Å². The van der Waals surface area contributed by atoms with Gasteiger partial charge in [0.2, 0.25) is 0 Å². The minimum atomic E-state index is -4.60. The molecule has 9 heteroatoms. The van der Waals surface area contributed by atoms with Gasteiger partial charge in [0.25, 0.3) is 0 Å². The first kappa shape index (κ1) is 24.3. The molecule has 1 aliphatic carbocycles. The fourth-order valence-corrected chi connectivity index (χ4v) is 6.26. The number of halogens is 3. The van der Waals surface area contributed by atoms with Crippen LogP contribution in [0.4, 0.5) is 13.2 Å². The van der Waals surface area contributed by atoms with Gasteiger partial charge in [-0.1, -0.05) is 38.3 Å². The number of alkyl halides is 3. The van der Waals surface area contributed by atoms with E-state index in [0.717, 1.165) is 61.7 Å². The Hall–Kier alpha value is -2.86. The van der Waals surface area contributed by atoms with Crippen molar-refractivity contribution in [2.45, 2.75) is 63.1 Å². The summed E-state index contributed by atoms with van der Waals surface area (Å²) >= 11 is 0. The van der Waals surface area contributed by atoms with Gasteiger partial charge < -0.3 is 4.57 Å². The monoisotopic (exact) mass is 489 g/mol. The normalized spacial score (nSPS) is 16.5. The van der Waals surface area contributed by atoms with Crippen LogP contribution in [0.15, 0.2) is 41.4 Å². The molecular formula is C25H26F3N3O2S. The lowest BCUT2D eigenvalue weighted by atomic mass is 9.95. The van der Waals surface area contributed by atoms with Crippen molar-refractivity contribution in [2.75, 3.05) is 5.75 Å². The van der Waals surface area contributed by atoms with Crippen LogP contribution < -0.4 is 0 Å². The first-order valence-corrected chi connectivity index (χ1v) is 13.0. The van der Waals surface area contributed by atoms with Crippen LogP contribution in [0.5, 0.6) is 0 Å². The predicted molar refractivity (Wildman–Crippen MR) is 124 cm³/mol. The van der Waals surface area contributed by atoms with Gasteiger partial charge in [0, 0.05) is 17.6 Å². The number of pyridine rings is 1. The molecule has 0 radical (unpaired) electrons. The van der Waals surface area contributed by atoms with E-state index >= 15 is 0 Å². The Morgan fingerprint density at radius 3 is 2.47 bits per heavy atom. The molecule has 3 aromatic rings. The number of hydrogen-bond acceptors (Lipinski definition) is 4. The molecule has 0 saturated heterocycles. The molecule has 0 bridgehead atoms. The third kappa shape index (κ3) is 4.56. The summed E-state index contributed by atoms with van der Waals surface area (Å²) in [4.78, 5) is 4.07. The average molecular weight is 490 g/mol. The largest absolute Gasteiger partial charge is 0.392 e. The maximum atomic E-state index is 12.9. The van der Waals surface area contributed by atoms with Crippen molar-refractivity contribution in [3.63, 3.8) is 0 Å². The van der Waals surface area contributed by atoms with Crippen molar-refractivity contribution < 1.29 is 21.6 Å². The number of rotatable bonds is 5. The van der Waals surface area contributed by atoms with Gasteiger partial charge in [-0.15, -0.1) is 0 Å². The number of nitrogens with zero attached hydrogens (tertiary/aromatic N) is 3. The molecule has 2 heterocycles. The van der Waals surface area contributed by atoms with Crippen LogP contribution in [0.3, 0.4) is 0 Å². The second kappa shape index (κ2) is 9.06. The van der Waals surface area contributed by atoms with Gasteiger partial charge in [-0.2, -0.15) is 18.4 Å². The fourth-order valence-electron chi connectivity index (χ4n) is 4.73. The predicted octanol–water partition coefficient (Wildman–Crippen LogP) is 6.36. The van der Waals surface area contributed by atoms with Gasteiger partial charge in [-0.25, -0.2) is 8.42 Å². The SMILES string of the molecule is Cc1ccc2c(C#N)c(-c3ccc(S(=O)(=O)C[C@H](C)C(F)(F)F)cn3)n(C3CCCCC3)c2c1. The minimum absolute atomic E-state index is 0.188. The molecular weight excluding hydrogens is 463 g/mol. The van der Waals surface area contributed by atoms with E-state index in [9.17, 15) is 26.9 Å². The van der Waals surface area contributed by atoms with Crippen molar-refractivity contribution >= 4 is 20.7 Å². The van der Waals surface area contributed by atoms with Gasteiger partial charge >= 0.3 is 6.18 Å². The van der Waals surface area contributed by atoms with Gasteiger partial charge in [0.1, 0.15) is 6.07 Å². The highest BCUT2D eigenvalue weighted by Gasteiger charge is 2.39. The highest BCUT2D eigenvalue weighted by molar-refractivity contribution is 7.91. The highest BCUT2D eigenvalue weighted by Crippen LogP contribution is 2.40. The van der Waals surface area contributed by atoms with Gasteiger partial charge in [-0.3, -0.25) is 4.98 Å². The van der Waals surface area contributed by atoms with Crippen LogP contribution in [0.2, 0.25) is 0 Å². The molecule has 34 heavy (non-hydrogen) atoms. The van der Waals surface area contributed by atoms with E-state index < -0.39 is 27.7 Å². The molecule has 0 N–H and O–H groups in total. The lowest BCUT2D eigenvalue weighted by molar-refractivity contribution is -0.163. The quantitative estimate of drug-likeness (QED) is 0.418. The third-order valence-electron chi connectivity index (χ3n) is 6.58. The van der Waals surface area contributed by atoms with Gasteiger partial charge in [0.05, 0.1) is 39.0 Å². The lowest BCUT2D eigenvalue weighted by Gasteiger charge is -2.26. The van der Waals surface area contributed by atoms with Crippen LogP contribution in [-0.2, 0) is 9.84 Å². The first-order valence-electron chi connectivity index (χ1n) is 11.3. The van der Waals surface area contributed by atoms with E-state index in [0.29, 0.717) is 17.0 Å². The molecule has 1 aromatic carbocycles. The molecule has 1 saturated carbocycles. The van der Waals surface area contributed by atoms with Gasteiger partial charge in [-0.05, 0) is 43.5 Å². The van der Waals surface area contributed by atoms with E-state index in [-0.39, 0.29) is 10.9 Å². The number of nitriles is 1. The summed E-state index contributed by atoms with van der Waals surface area (Å²) in [5.41, 5.74) is 3.53. The summed E-state index contributed by atoms with van der Waals surface area (Å²) in [7, 11) is -4.17. The lowest BCUT2D eigenvalue weighted by Crippen LogP contribution is -2.27. The Labute approximate surface area is 197 Å². The first-order chi connectivity index (χ1) is 16.0. The van der Waals surface area contributed by atoms with Crippen LogP contribution in [0.1, 0.15) is 56.2 Å². The molecule has 0 unspecified atom stereocenters. The maximum absolute atomic E-state index is 12.9. The van der Waals surface area contributed by atoms with E-state index in [4.69, 9.17) is 0 Å². The van der Waals surface area contributed by atoms with Crippen LogP contribution in [0.25, 0.3) is 22.3 Å². The number of benzene rings is 1. The molecule has 0 aliphatic heterocycles. The van der Waals surface area contributed by atoms with E-state index in [2.05, 4.69) is 15.6 Å². The van der Waals surface area contributed by atoms with Crippen LogP contribution in [0, 0.1) is 24.2 Å². The average Bonchev–Trinajstić information content (AvgIpc) is 3.12. The van der Waals surface area contributed by atoms with E-state index in [1.165, 1.54) is 12.1 Å². The molecule has 0 spiro atoms. The summed E-state index contributed by atoms with van der Waals surface area (Å²) in [5.74, 6) is -3.03. The number of aryl methyl sites for hydroxylation is 1. The molecule has 2 aromatic heterocycles. The summed E-state index contributed by atoms with van der Waals surface area (Å²) < 4.78 is 66.0. The molecule has 0 amide bonds. The molecule has 4 rings (SSSR count). The standard InChI is InChI=1S/C25H26F3N3O2S/c1-16-8-10-20-21(13-29)24(31(23(20)12-16)18-6-4-3-5-7-18)22-11-9-19(14-30-22)34(32,33)15-17(2)25(26,27)28/h8-12,14,17-18H,3-7,15H2,1-2H3/t17-/m0/s1. The Balaban J connectivity index is 1.82. The highest BCUT2D eigenvalue weighted by atomic mass is 32.2. The van der Waals surface area contributed by atoms with Gasteiger partial charge in [0.15, 0.2) is 9.84 Å². The fraction of sp³-hybridized carbons (Fsp3) is 0.440. The Morgan fingerprint density at radius 1 is 1.18 bits per heavy atom. The van der Waals surface area contributed by atoms with E-state index in [1.807, 2.05) is 25.1 Å². The number of fused-ring (bicyclic) bond motifs is 1. The zero-order valence-corrected chi connectivity index (χ0v) is 19.9. The summed E-state index contributed by atoms with van der Waals surface area (Å²) in [6.45, 7) is 2.84. The molecule has 1 fully saturated rings. The summed E-state index contributed by atoms with van der Waals surface area (Å²) in [6.07, 6.45) is 1.77. The Morgan fingerprint density at radius 2 is 1.88 bits per heavy atom. The van der Waals surface area contributed by atoms with Crippen molar-refractivity contribution in [3.05, 3.63) is 47.7 Å². The molecule has 5 nitrogen and oxygen atoms in total. The number of aromatic nitrogens is 2. The van der Waals surface area contributed by atoms with Crippen molar-refractivity contribution in [1.82, 2.24) is 9.55 Å². The zero-order chi connectivity index (χ0) is 24.7. The Kier molecular flexibility index (Phi) is 6.47. The topological polar surface area (TPSA) is 75.8 Å². The van der Waals surface area contributed by atoms with Crippen molar-refractivity contribution in [3.8, 4) is 17.5 Å². The Bertz CT molecular complexity index is 1350. The molecule has 180 valence electrons. The van der Waals surface area contributed by atoms with Crippen molar-refractivity contribution in [1.29, 1.82) is 5.26 Å². The molecule has 1 aliphatic rings. The minimum Gasteiger partial charge on any atom is -0.335 e. The van der Waals surface area contributed by atoms with Crippen molar-refractivity contribution in [2.24, 2.45) is 5.92 Å². The third-order valence-corrected chi connectivity index (χ3v) is 8.48. The maximum Gasteiger partial charge on any atom is 0.392 e. The number of hydrogen-bond donors (Lipinski definition) is 0.